The number of anilines is 2. The molecule has 0 aliphatic heterocycles. The summed E-state index contributed by atoms with van der Waals surface area (Å²) >= 11 is 2.21. The van der Waals surface area contributed by atoms with Crippen molar-refractivity contribution >= 4 is 45.5 Å². The van der Waals surface area contributed by atoms with Crippen LogP contribution in [0.1, 0.15) is 29.2 Å². The van der Waals surface area contributed by atoms with Gasteiger partial charge >= 0.3 is 0 Å². The quantitative estimate of drug-likeness (QED) is 0.693. The summed E-state index contributed by atoms with van der Waals surface area (Å²) in [4.78, 5) is 28.0. The van der Waals surface area contributed by atoms with Gasteiger partial charge in [-0.2, -0.15) is 0 Å². The van der Waals surface area contributed by atoms with Crippen molar-refractivity contribution in [1.29, 1.82) is 0 Å². The van der Waals surface area contributed by atoms with Gasteiger partial charge in [-0.25, -0.2) is 9.37 Å². The molecule has 0 atom stereocenters. The van der Waals surface area contributed by atoms with Crippen LogP contribution in [0.5, 0.6) is 0 Å². The molecule has 134 valence electrons. The van der Waals surface area contributed by atoms with Gasteiger partial charge in [0.2, 0.25) is 5.91 Å². The van der Waals surface area contributed by atoms with Crippen molar-refractivity contribution in [3.63, 3.8) is 0 Å². The Kier molecular flexibility index (Phi) is 5.33. The Morgan fingerprint density at radius 2 is 2.08 bits per heavy atom. The van der Waals surface area contributed by atoms with Crippen molar-refractivity contribution in [2.24, 2.45) is 0 Å². The lowest BCUT2D eigenvalue weighted by Crippen LogP contribution is -2.12. The number of nitrogens with zero attached hydrogens (tertiary/aromatic N) is 3. The molecule has 0 saturated heterocycles. The molecule has 2 amide bonds. The highest BCUT2D eigenvalue weighted by Crippen LogP contribution is 2.29. The topological polar surface area (TPSA) is 96.9 Å². The van der Waals surface area contributed by atoms with Crippen LogP contribution in [0, 0.1) is 5.82 Å². The van der Waals surface area contributed by atoms with Crippen LogP contribution < -0.4 is 10.6 Å². The first-order valence-corrected chi connectivity index (χ1v) is 9.28. The summed E-state index contributed by atoms with van der Waals surface area (Å²) in [6.45, 7) is 3.24. The van der Waals surface area contributed by atoms with E-state index < -0.39 is 5.82 Å². The number of hydrogen-bond donors (Lipinski definition) is 2. The maximum atomic E-state index is 14.3. The van der Waals surface area contributed by atoms with Crippen LogP contribution in [-0.4, -0.2) is 26.4 Å². The average Bonchev–Trinajstić information content (AvgIpc) is 3.23. The number of rotatable bonds is 5. The van der Waals surface area contributed by atoms with Gasteiger partial charge in [0.1, 0.15) is 10.7 Å². The molecule has 2 aromatic heterocycles. The fourth-order valence-corrected chi connectivity index (χ4v) is 3.58. The van der Waals surface area contributed by atoms with Gasteiger partial charge in [-0.15, -0.1) is 16.4 Å². The van der Waals surface area contributed by atoms with E-state index in [-0.39, 0.29) is 17.4 Å². The number of aryl methyl sites for hydroxylation is 1. The summed E-state index contributed by atoms with van der Waals surface area (Å²) in [6, 6.07) is 4.35. The molecule has 0 aliphatic rings. The molecule has 0 fully saturated rings. The minimum absolute atomic E-state index is 0.278. The van der Waals surface area contributed by atoms with E-state index in [4.69, 9.17) is 0 Å². The largest absolute Gasteiger partial charge is 0.326 e. The molecule has 2 heterocycles. The van der Waals surface area contributed by atoms with E-state index >= 15 is 0 Å². The number of halogens is 1. The molecule has 10 heteroatoms. The fraction of sp³-hybridized carbons (Fsp3) is 0.188. The van der Waals surface area contributed by atoms with E-state index in [0.717, 1.165) is 11.5 Å². The van der Waals surface area contributed by atoms with Gasteiger partial charge in [0.05, 0.1) is 11.4 Å². The predicted molar refractivity (Wildman–Crippen MR) is 99.1 cm³/mol. The summed E-state index contributed by atoms with van der Waals surface area (Å²) in [7, 11) is 0. The van der Waals surface area contributed by atoms with Gasteiger partial charge in [-0.05, 0) is 36.2 Å². The van der Waals surface area contributed by atoms with Crippen LogP contribution in [0.3, 0.4) is 0 Å². The van der Waals surface area contributed by atoms with Crippen LogP contribution in [0.25, 0.3) is 11.3 Å². The molecule has 1 aromatic carbocycles. The van der Waals surface area contributed by atoms with Crippen molar-refractivity contribution in [3.05, 3.63) is 40.0 Å². The number of hydrogen-bond acceptors (Lipinski definition) is 7. The van der Waals surface area contributed by atoms with Crippen LogP contribution >= 0.6 is 22.9 Å². The monoisotopic (exact) mass is 391 g/mol. The van der Waals surface area contributed by atoms with Gasteiger partial charge in [0.25, 0.3) is 5.91 Å². The number of amides is 2. The van der Waals surface area contributed by atoms with Crippen LogP contribution in [0.15, 0.2) is 23.6 Å². The van der Waals surface area contributed by atoms with Crippen molar-refractivity contribution in [1.82, 2.24) is 14.6 Å². The zero-order chi connectivity index (χ0) is 18.7. The maximum absolute atomic E-state index is 14.3. The molecule has 0 radical (unpaired) electrons. The normalized spacial score (nSPS) is 10.6. The Bertz CT molecular complexity index is 969. The lowest BCUT2D eigenvalue weighted by atomic mass is 10.1. The van der Waals surface area contributed by atoms with Gasteiger partial charge < -0.3 is 5.32 Å². The van der Waals surface area contributed by atoms with Crippen molar-refractivity contribution < 1.29 is 14.0 Å². The molecule has 0 aliphatic carbocycles. The molecule has 0 unspecified atom stereocenters. The van der Waals surface area contributed by atoms with E-state index in [1.165, 1.54) is 30.4 Å². The summed E-state index contributed by atoms with van der Waals surface area (Å²) in [5.74, 6) is -1.13. The second-order valence-corrected chi connectivity index (χ2v) is 6.88. The van der Waals surface area contributed by atoms with E-state index in [0.29, 0.717) is 33.5 Å². The molecule has 3 aromatic rings. The molecule has 0 saturated carbocycles. The zero-order valence-electron chi connectivity index (χ0n) is 13.9. The summed E-state index contributed by atoms with van der Waals surface area (Å²) in [6.07, 6.45) is 0.605. The second kappa shape index (κ2) is 7.67. The predicted octanol–water partition coefficient (Wildman–Crippen LogP) is 3.57. The maximum Gasteiger partial charge on any atom is 0.271 e. The van der Waals surface area contributed by atoms with Crippen LogP contribution in [-0.2, 0) is 11.2 Å². The van der Waals surface area contributed by atoms with Gasteiger partial charge in [-0.3, -0.25) is 14.9 Å². The summed E-state index contributed by atoms with van der Waals surface area (Å²) in [5, 5.41) is 11.1. The molecular weight excluding hydrogens is 377 g/mol. The first-order valence-electron chi connectivity index (χ1n) is 7.63. The van der Waals surface area contributed by atoms with Gasteiger partial charge in [0.15, 0.2) is 5.13 Å². The van der Waals surface area contributed by atoms with Crippen molar-refractivity contribution in [3.8, 4) is 11.3 Å². The lowest BCUT2D eigenvalue weighted by molar-refractivity contribution is -0.114. The van der Waals surface area contributed by atoms with Crippen LogP contribution in [0.4, 0.5) is 15.2 Å². The SMILES string of the molecule is CCc1nnsc1C(=O)Nc1nc(-c2ccc(NC(C)=O)cc2F)cs1. The number of carbonyl (C=O) groups excluding carboxylic acids is 2. The molecule has 26 heavy (non-hydrogen) atoms. The van der Waals surface area contributed by atoms with E-state index in [9.17, 15) is 14.0 Å². The minimum Gasteiger partial charge on any atom is -0.326 e. The highest BCUT2D eigenvalue weighted by Gasteiger charge is 2.17. The molecule has 0 bridgehead atoms. The van der Waals surface area contributed by atoms with Crippen molar-refractivity contribution in [2.75, 3.05) is 10.6 Å². The third-order valence-corrected chi connectivity index (χ3v) is 4.91. The summed E-state index contributed by atoms with van der Waals surface area (Å²) in [5.41, 5.74) is 1.68. The Balaban J connectivity index is 1.77. The molecule has 0 spiro atoms. The molecule has 3 rings (SSSR count). The lowest BCUT2D eigenvalue weighted by Gasteiger charge is -2.05. The van der Waals surface area contributed by atoms with Gasteiger partial charge in [-0.1, -0.05) is 11.4 Å². The number of aromatic nitrogens is 3. The first-order chi connectivity index (χ1) is 12.5. The Morgan fingerprint density at radius 1 is 1.27 bits per heavy atom. The fourth-order valence-electron chi connectivity index (χ4n) is 2.22. The van der Waals surface area contributed by atoms with E-state index in [1.54, 1.807) is 11.4 Å². The number of benzene rings is 1. The first kappa shape index (κ1) is 18.1. The Morgan fingerprint density at radius 3 is 2.77 bits per heavy atom. The van der Waals surface area contributed by atoms with Crippen molar-refractivity contribution in [2.45, 2.75) is 20.3 Å². The van der Waals surface area contributed by atoms with Crippen LogP contribution in [0.2, 0.25) is 0 Å². The Hall–Kier alpha value is -2.72. The molecule has 7 nitrogen and oxygen atoms in total. The Labute approximate surface area is 156 Å². The zero-order valence-corrected chi connectivity index (χ0v) is 15.5. The highest BCUT2D eigenvalue weighted by molar-refractivity contribution is 7.14. The van der Waals surface area contributed by atoms with Gasteiger partial charge in [0, 0.05) is 23.6 Å². The third-order valence-electron chi connectivity index (χ3n) is 3.39. The number of carbonyl (C=O) groups is 2. The number of thiazole rings is 1. The standard InChI is InChI=1S/C16H14FN5O2S2/c1-3-12-14(26-22-21-12)15(24)20-16-19-13(7-25-16)10-5-4-9(6-11(10)17)18-8(2)23/h4-7H,3H2,1-2H3,(H,18,23)(H,19,20,24). The smallest absolute Gasteiger partial charge is 0.271 e. The minimum atomic E-state index is -0.514. The summed E-state index contributed by atoms with van der Waals surface area (Å²) < 4.78 is 18.1. The molecular formula is C16H14FN5O2S2. The molecule has 2 N–H and O–H groups in total. The highest BCUT2D eigenvalue weighted by atomic mass is 32.1. The van der Waals surface area contributed by atoms with E-state index in [1.807, 2.05) is 6.92 Å². The third kappa shape index (κ3) is 3.92. The second-order valence-electron chi connectivity index (χ2n) is 5.27. The average molecular weight is 391 g/mol. The number of nitrogens with one attached hydrogen (secondary N) is 2. The van der Waals surface area contributed by atoms with E-state index in [2.05, 4.69) is 25.2 Å².